The Morgan fingerprint density at radius 3 is 2.50 bits per heavy atom. The van der Waals surface area contributed by atoms with Gasteiger partial charge in [-0.3, -0.25) is 4.79 Å². The molecule has 1 amide bonds. The summed E-state index contributed by atoms with van der Waals surface area (Å²) >= 11 is 0. The molecule has 4 nitrogen and oxygen atoms in total. The van der Waals surface area contributed by atoms with Crippen LogP contribution in [0.3, 0.4) is 0 Å². The van der Waals surface area contributed by atoms with Crippen molar-refractivity contribution in [3.63, 3.8) is 0 Å². The number of hydrogen-bond acceptors (Lipinski definition) is 3. The van der Waals surface area contributed by atoms with Gasteiger partial charge in [0.15, 0.2) is 11.5 Å². The average Bonchev–Trinajstić information content (AvgIpc) is 2.28. The summed E-state index contributed by atoms with van der Waals surface area (Å²) in [5.74, 6) is 1.24. The molecule has 0 radical (unpaired) electrons. The largest absolute Gasteiger partial charge is 0.493 e. The molecule has 0 bridgehead atoms. The second kappa shape index (κ2) is 5.80. The van der Waals surface area contributed by atoms with E-state index in [-0.39, 0.29) is 5.91 Å². The zero-order chi connectivity index (χ0) is 12.0. The third-order valence-electron chi connectivity index (χ3n) is 1.97. The lowest BCUT2D eigenvalue weighted by molar-refractivity contribution is -0.118. The van der Waals surface area contributed by atoms with Crippen LogP contribution in [0.4, 0.5) is 0 Å². The lowest BCUT2D eigenvalue weighted by Gasteiger charge is -2.07. The number of carbonyl (C=O) groups excluding carboxylic acids is 1. The van der Waals surface area contributed by atoms with Gasteiger partial charge in [-0.25, -0.2) is 0 Å². The Kier molecular flexibility index (Phi) is 4.39. The molecule has 0 spiro atoms. The van der Waals surface area contributed by atoms with E-state index in [1.54, 1.807) is 26.5 Å². The first-order valence-corrected chi connectivity index (χ1v) is 4.83. The van der Waals surface area contributed by atoms with Crippen molar-refractivity contribution in [3.8, 4) is 11.5 Å². The SMILES string of the molecule is COc1ccc(C=CNC(C)=O)cc1OC. The van der Waals surface area contributed by atoms with Gasteiger partial charge in [0.25, 0.3) is 0 Å². The number of rotatable bonds is 4. The van der Waals surface area contributed by atoms with E-state index in [1.165, 1.54) is 6.92 Å². The van der Waals surface area contributed by atoms with Crippen LogP contribution in [-0.4, -0.2) is 20.1 Å². The molecule has 4 heteroatoms. The first kappa shape index (κ1) is 12.1. The molecule has 0 aliphatic carbocycles. The number of carbonyl (C=O) groups is 1. The van der Waals surface area contributed by atoms with Crippen LogP contribution in [0.15, 0.2) is 24.4 Å². The lowest BCUT2D eigenvalue weighted by atomic mass is 10.2. The predicted molar refractivity (Wildman–Crippen MR) is 62.4 cm³/mol. The molecule has 1 N–H and O–H groups in total. The van der Waals surface area contributed by atoms with Crippen molar-refractivity contribution < 1.29 is 14.3 Å². The maximum Gasteiger partial charge on any atom is 0.220 e. The van der Waals surface area contributed by atoms with Crippen LogP contribution in [0.5, 0.6) is 11.5 Å². The summed E-state index contributed by atoms with van der Waals surface area (Å²) in [6.07, 6.45) is 3.37. The molecule has 0 aliphatic rings. The fourth-order valence-corrected chi connectivity index (χ4v) is 1.21. The van der Waals surface area contributed by atoms with E-state index < -0.39 is 0 Å². The summed E-state index contributed by atoms with van der Waals surface area (Å²) in [4.78, 5) is 10.7. The molecule has 0 fully saturated rings. The quantitative estimate of drug-likeness (QED) is 0.843. The van der Waals surface area contributed by atoms with Crippen LogP contribution < -0.4 is 14.8 Å². The standard InChI is InChI=1S/C12H15NO3/c1-9(14)13-7-6-10-4-5-11(15-2)12(8-10)16-3/h4-8H,1-3H3,(H,13,14). The topological polar surface area (TPSA) is 47.6 Å². The Morgan fingerprint density at radius 2 is 1.94 bits per heavy atom. The maximum absolute atomic E-state index is 10.7. The highest BCUT2D eigenvalue weighted by Gasteiger charge is 2.02. The van der Waals surface area contributed by atoms with E-state index in [2.05, 4.69) is 5.32 Å². The Morgan fingerprint density at radius 1 is 1.25 bits per heavy atom. The normalized spacial score (nSPS) is 10.2. The van der Waals surface area contributed by atoms with Crippen molar-refractivity contribution in [2.75, 3.05) is 14.2 Å². The Labute approximate surface area is 94.9 Å². The molecule has 0 heterocycles. The van der Waals surface area contributed by atoms with Crippen LogP contribution in [0.25, 0.3) is 6.08 Å². The first-order valence-electron chi connectivity index (χ1n) is 4.83. The molecule has 16 heavy (non-hydrogen) atoms. The molecular formula is C12H15NO3. The molecular weight excluding hydrogens is 206 g/mol. The Bertz CT molecular complexity index is 399. The third-order valence-corrected chi connectivity index (χ3v) is 1.97. The monoisotopic (exact) mass is 221 g/mol. The van der Waals surface area contributed by atoms with Gasteiger partial charge in [-0.05, 0) is 23.8 Å². The number of ether oxygens (including phenoxy) is 2. The summed E-state index contributed by atoms with van der Waals surface area (Å²) in [5, 5.41) is 2.57. The van der Waals surface area contributed by atoms with E-state index in [0.29, 0.717) is 11.5 Å². The van der Waals surface area contributed by atoms with Crippen molar-refractivity contribution in [1.82, 2.24) is 5.32 Å². The van der Waals surface area contributed by atoms with Gasteiger partial charge < -0.3 is 14.8 Å². The van der Waals surface area contributed by atoms with Gasteiger partial charge in [0.1, 0.15) is 0 Å². The highest BCUT2D eigenvalue weighted by molar-refractivity contribution is 5.75. The molecule has 86 valence electrons. The summed E-state index contributed by atoms with van der Waals surface area (Å²) in [7, 11) is 3.17. The van der Waals surface area contributed by atoms with E-state index in [9.17, 15) is 4.79 Å². The molecule has 0 unspecified atom stereocenters. The van der Waals surface area contributed by atoms with Gasteiger partial charge in [0.2, 0.25) is 5.91 Å². The third kappa shape index (κ3) is 3.31. The zero-order valence-electron chi connectivity index (χ0n) is 9.61. The van der Waals surface area contributed by atoms with E-state index in [1.807, 2.05) is 18.2 Å². The van der Waals surface area contributed by atoms with Gasteiger partial charge in [0.05, 0.1) is 14.2 Å². The fraction of sp³-hybridized carbons (Fsp3) is 0.250. The van der Waals surface area contributed by atoms with E-state index >= 15 is 0 Å². The van der Waals surface area contributed by atoms with Crippen LogP contribution in [-0.2, 0) is 4.79 Å². The number of amides is 1. The highest BCUT2D eigenvalue weighted by Crippen LogP contribution is 2.27. The van der Waals surface area contributed by atoms with E-state index in [4.69, 9.17) is 9.47 Å². The van der Waals surface area contributed by atoms with Gasteiger partial charge in [-0.15, -0.1) is 0 Å². The van der Waals surface area contributed by atoms with Crippen molar-refractivity contribution >= 4 is 12.0 Å². The average molecular weight is 221 g/mol. The van der Waals surface area contributed by atoms with Gasteiger partial charge in [-0.1, -0.05) is 6.07 Å². The second-order valence-electron chi connectivity index (χ2n) is 3.15. The van der Waals surface area contributed by atoms with Crippen molar-refractivity contribution in [1.29, 1.82) is 0 Å². The Hall–Kier alpha value is -1.97. The van der Waals surface area contributed by atoms with E-state index in [0.717, 1.165) is 5.56 Å². The lowest BCUT2D eigenvalue weighted by Crippen LogP contribution is -2.10. The molecule has 1 rings (SSSR count). The molecule has 0 saturated carbocycles. The smallest absolute Gasteiger partial charge is 0.220 e. The summed E-state index contributed by atoms with van der Waals surface area (Å²) in [5.41, 5.74) is 0.923. The zero-order valence-corrected chi connectivity index (χ0v) is 9.61. The summed E-state index contributed by atoms with van der Waals surface area (Å²) in [6, 6.07) is 5.52. The molecule has 0 saturated heterocycles. The second-order valence-corrected chi connectivity index (χ2v) is 3.15. The molecule has 1 aromatic carbocycles. The molecule has 0 aromatic heterocycles. The molecule has 0 aliphatic heterocycles. The highest BCUT2D eigenvalue weighted by atomic mass is 16.5. The van der Waals surface area contributed by atoms with Crippen LogP contribution in [0.2, 0.25) is 0 Å². The minimum atomic E-state index is -0.100. The minimum absolute atomic E-state index is 0.100. The number of hydrogen-bond donors (Lipinski definition) is 1. The first-order chi connectivity index (χ1) is 7.67. The van der Waals surface area contributed by atoms with Crippen molar-refractivity contribution in [2.45, 2.75) is 6.92 Å². The number of methoxy groups -OCH3 is 2. The summed E-state index contributed by atoms with van der Waals surface area (Å²) < 4.78 is 10.3. The predicted octanol–water partition coefficient (Wildman–Crippen LogP) is 1.81. The molecule has 1 aromatic rings. The maximum atomic E-state index is 10.7. The number of benzene rings is 1. The van der Waals surface area contributed by atoms with Crippen molar-refractivity contribution in [2.24, 2.45) is 0 Å². The van der Waals surface area contributed by atoms with Gasteiger partial charge in [-0.2, -0.15) is 0 Å². The number of nitrogens with one attached hydrogen (secondary N) is 1. The Balaban J connectivity index is 2.82. The fourth-order valence-electron chi connectivity index (χ4n) is 1.21. The van der Waals surface area contributed by atoms with Gasteiger partial charge >= 0.3 is 0 Å². The summed E-state index contributed by atoms with van der Waals surface area (Å²) in [6.45, 7) is 1.46. The minimum Gasteiger partial charge on any atom is -0.493 e. The van der Waals surface area contributed by atoms with Crippen molar-refractivity contribution in [3.05, 3.63) is 30.0 Å². The van der Waals surface area contributed by atoms with Gasteiger partial charge in [0, 0.05) is 13.1 Å². The van der Waals surface area contributed by atoms with Crippen LogP contribution >= 0.6 is 0 Å². The van der Waals surface area contributed by atoms with Crippen LogP contribution in [0, 0.1) is 0 Å². The van der Waals surface area contributed by atoms with Crippen LogP contribution in [0.1, 0.15) is 12.5 Å². The molecule has 0 atom stereocenters.